The number of carbonyl (C=O) groups excluding carboxylic acids is 5. The summed E-state index contributed by atoms with van der Waals surface area (Å²) in [5, 5.41) is 4.54. The minimum atomic E-state index is -1.05. The number of nitrogens with one attached hydrogen (secondary N) is 2. The Kier molecular flexibility index (Phi) is 6.67. The molecule has 0 spiro atoms. The number of rotatable bonds is 7. The first-order chi connectivity index (χ1) is 10.8. The molecular formula is C14H22N4O5. The Morgan fingerprint density at radius 1 is 1.09 bits per heavy atom. The zero-order valence-electron chi connectivity index (χ0n) is 13.5. The van der Waals surface area contributed by atoms with Crippen LogP contribution in [0.5, 0.6) is 0 Å². The predicted molar refractivity (Wildman–Crippen MR) is 80.2 cm³/mol. The third-order valence-electron chi connectivity index (χ3n) is 3.41. The van der Waals surface area contributed by atoms with Crippen LogP contribution in [0.15, 0.2) is 0 Å². The van der Waals surface area contributed by atoms with Crippen molar-refractivity contribution in [3.63, 3.8) is 0 Å². The van der Waals surface area contributed by atoms with Gasteiger partial charge in [0.1, 0.15) is 6.54 Å². The van der Waals surface area contributed by atoms with Gasteiger partial charge in [0.2, 0.25) is 5.91 Å². The van der Waals surface area contributed by atoms with Crippen molar-refractivity contribution >= 4 is 29.8 Å². The van der Waals surface area contributed by atoms with E-state index in [4.69, 9.17) is 0 Å². The minimum absolute atomic E-state index is 0.121. The lowest BCUT2D eigenvalue weighted by atomic mass is 10.3. The number of carbonyl (C=O) groups is 5. The first-order valence-electron chi connectivity index (χ1n) is 7.59. The van der Waals surface area contributed by atoms with Crippen LogP contribution in [0, 0.1) is 0 Å². The summed E-state index contributed by atoms with van der Waals surface area (Å²) in [6, 6.07) is -1.66. The molecule has 0 aromatic rings. The normalized spacial score (nSPS) is 15.9. The van der Waals surface area contributed by atoms with Crippen molar-refractivity contribution < 1.29 is 24.0 Å². The third kappa shape index (κ3) is 4.76. The number of hydrogen-bond acceptors (Lipinski definition) is 5. The maximum atomic E-state index is 12.0. The Labute approximate surface area is 134 Å². The molecule has 1 fully saturated rings. The van der Waals surface area contributed by atoms with Crippen LogP contribution in [0.4, 0.5) is 9.59 Å². The van der Waals surface area contributed by atoms with Gasteiger partial charge < -0.3 is 5.32 Å². The Hall–Kier alpha value is -2.45. The average molecular weight is 326 g/mol. The molecule has 0 aromatic carbocycles. The quantitative estimate of drug-likeness (QED) is 0.512. The molecule has 0 aliphatic carbocycles. The smallest absolute Gasteiger partial charge is 0.334 e. The van der Waals surface area contributed by atoms with E-state index in [9.17, 15) is 24.0 Å². The zero-order valence-corrected chi connectivity index (χ0v) is 13.5. The maximum Gasteiger partial charge on any atom is 0.334 e. The first-order valence-corrected chi connectivity index (χ1v) is 7.59. The fourth-order valence-electron chi connectivity index (χ4n) is 1.87. The molecule has 2 N–H and O–H groups in total. The monoisotopic (exact) mass is 326 g/mol. The van der Waals surface area contributed by atoms with E-state index in [2.05, 4.69) is 5.32 Å². The lowest BCUT2D eigenvalue weighted by molar-refractivity contribution is -0.143. The summed E-state index contributed by atoms with van der Waals surface area (Å²) < 4.78 is 0. The SMILES string of the molecule is CCCCN1C(=O)C(=O)N(CC(=O)NC(=O)N[C@@H](C)CC)C1=O. The minimum Gasteiger partial charge on any atom is -0.335 e. The van der Waals surface area contributed by atoms with Gasteiger partial charge in [0, 0.05) is 12.6 Å². The number of unbranched alkanes of at least 4 members (excludes halogenated alkanes) is 1. The van der Waals surface area contributed by atoms with Gasteiger partial charge in [-0.15, -0.1) is 0 Å². The van der Waals surface area contributed by atoms with E-state index in [1.54, 1.807) is 6.92 Å². The largest absolute Gasteiger partial charge is 0.335 e. The van der Waals surface area contributed by atoms with E-state index in [0.717, 1.165) is 11.3 Å². The number of hydrogen-bond donors (Lipinski definition) is 2. The number of imide groups is 3. The highest BCUT2D eigenvalue weighted by atomic mass is 16.2. The van der Waals surface area contributed by atoms with Gasteiger partial charge in [0.15, 0.2) is 0 Å². The van der Waals surface area contributed by atoms with E-state index >= 15 is 0 Å². The molecule has 9 nitrogen and oxygen atoms in total. The van der Waals surface area contributed by atoms with Crippen molar-refractivity contribution in [1.82, 2.24) is 20.4 Å². The van der Waals surface area contributed by atoms with Crippen LogP contribution >= 0.6 is 0 Å². The van der Waals surface area contributed by atoms with E-state index in [-0.39, 0.29) is 12.6 Å². The van der Waals surface area contributed by atoms with Gasteiger partial charge in [-0.1, -0.05) is 20.3 Å². The molecule has 0 bridgehead atoms. The summed E-state index contributed by atoms with van der Waals surface area (Å²) in [5.74, 6) is -2.83. The predicted octanol–water partition coefficient (Wildman–Crippen LogP) is 0.202. The lowest BCUT2D eigenvalue weighted by Gasteiger charge is -2.15. The van der Waals surface area contributed by atoms with Crippen molar-refractivity contribution in [2.45, 2.75) is 46.1 Å². The van der Waals surface area contributed by atoms with Gasteiger partial charge >= 0.3 is 23.9 Å². The van der Waals surface area contributed by atoms with Gasteiger partial charge in [-0.2, -0.15) is 0 Å². The number of urea groups is 2. The Balaban J connectivity index is 2.60. The van der Waals surface area contributed by atoms with Gasteiger partial charge in [-0.3, -0.25) is 24.6 Å². The molecule has 1 aliphatic heterocycles. The summed E-state index contributed by atoms with van der Waals surface area (Å²) in [6.45, 7) is 4.98. The highest BCUT2D eigenvalue weighted by molar-refractivity contribution is 6.45. The van der Waals surface area contributed by atoms with Crippen molar-refractivity contribution in [1.29, 1.82) is 0 Å². The molecule has 9 heteroatoms. The fraction of sp³-hybridized carbons (Fsp3) is 0.643. The lowest BCUT2D eigenvalue weighted by Crippen LogP contribution is -2.48. The van der Waals surface area contributed by atoms with Gasteiger partial charge in [-0.25, -0.2) is 14.5 Å². The summed E-state index contributed by atoms with van der Waals surface area (Å²) in [6.07, 6.45) is 2.01. The summed E-state index contributed by atoms with van der Waals surface area (Å²) >= 11 is 0. The molecule has 1 rings (SSSR count). The van der Waals surface area contributed by atoms with Crippen LogP contribution in [-0.2, 0) is 14.4 Å². The van der Waals surface area contributed by atoms with Crippen LogP contribution < -0.4 is 10.6 Å². The van der Waals surface area contributed by atoms with E-state index in [1.807, 2.05) is 19.2 Å². The second-order valence-electron chi connectivity index (χ2n) is 5.32. The van der Waals surface area contributed by atoms with Crippen LogP contribution in [0.2, 0.25) is 0 Å². The molecule has 0 aromatic heterocycles. The van der Waals surface area contributed by atoms with E-state index < -0.39 is 36.3 Å². The third-order valence-corrected chi connectivity index (χ3v) is 3.41. The molecule has 1 heterocycles. The van der Waals surface area contributed by atoms with Gasteiger partial charge in [0.25, 0.3) is 0 Å². The van der Waals surface area contributed by atoms with Crippen LogP contribution in [-0.4, -0.2) is 58.7 Å². The van der Waals surface area contributed by atoms with Crippen molar-refractivity contribution in [2.75, 3.05) is 13.1 Å². The molecule has 0 radical (unpaired) electrons. The molecule has 1 atom stereocenters. The molecule has 7 amide bonds. The molecule has 0 saturated carbocycles. The van der Waals surface area contributed by atoms with Crippen LogP contribution in [0.3, 0.4) is 0 Å². The zero-order chi connectivity index (χ0) is 17.6. The highest BCUT2D eigenvalue weighted by Crippen LogP contribution is 2.12. The van der Waals surface area contributed by atoms with Crippen LogP contribution in [0.25, 0.3) is 0 Å². The van der Waals surface area contributed by atoms with E-state index in [1.165, 1.54) is 0 Å². The molecule has 23 heavy (non-hydrogen) atoms. The summed E-state index contributed by atoms with van der Waals surface area (Å²) in [7, 11) is 0. The molecular weight excluding hydrogens is 304 g/mol. The van der Waals surface area contributed by atoms with Crippen molar-refractivity contribution in [3.8, 4) is 0 Å². The molecule has 1 saturated heterocycles. The highest BCUT2D eigenvalue weighted by Gasteiger charge is 2.44. The maximum absolute atomic E-state index is 12.0. The Bertz CT molecular complexity index is 519. The second kappa shape index (κ2) is 8.25. The van der Waals surface area contributed by atoms with Crippen molar-refractivity contribution in [3.05, 3.63) is 0 Å². The fourth-order valence-corrected chi connectivity index (χ4v) is 1.87. The standard InChI is InChI=1S/C14H22N4O5/c1-4-6-7-17-11(20)12(21)18(14(17)23)8-10(19)16-13(22)15-9(3)5-2/h9H,4-8H2,1-3H3,(H2,15,16,19,22)/t9-/m0/s1. The first kappa shape index (κ1) is 18.6. The average Bonchev–Trinajstić information content (AvgIpc) is 2.69. The Morgan fingerprint density at radius 2 is 1.70 bits per heavy atom. The Morgan fingerprint density at radius 3 is 2.26 bits per heavy atom. The van der Waals surface area contributed by atoms with E-state index in [0.29, 0.717) is 17.7 Å². The number of nitrogens with zero attached hydrogens (tertiary/aromatic N) is 2. The molecule has 1 aliphatic rings. The van der Waals surface area contributed by atoms with Crippen LogP contribution in [0.1, 0.15) is 40.0 Å². The van der Waals surface area contributed by atoms with Gasteiger partial charge in [0.05, 0.1) is 0 Å². The topological polar surface area (TPSA) is 116 Å². The summed E-state index contributed by atoms with van der Waals surface area (Å²) in [5.41, 5.74) is 0. The molecule has 128 valence electrons. The van der Waals surface area contributed by atoms with Crippen molar-refractivity contribution in [2.24, 2.45) is 0 Å². The van der Waals surface area contributed by atoms with Gasteiger partial charge in [-0.05, 0) is 19.8 Å². The molecule has 0 unspecified atom stereocenters. The second-order valence-corrected chi connectivity index (χ2v) is 5.32. The summed E-state index contributed by atoms with van der Waals surface area (Å²) in [4.78, 5) is 60.1. The number of amides is 7.